The number of hydrogen-bond donors (Lipinski definition) is 1. The van der Waals surface area contributed by atoms with E-state index in [9.17, 15) is 8.78 Å². The Morgan fingerprint density at radius 1 is 1.35 bits per heavy atom. The molecule has 0 saturated carbocycles. The van der Waals surface area contributed by atoms with Crippen LogP contribution in [-0.4, -0.2) is 15.6 Å². The van der Waals surface area contributed by atoms with Crippen LogP contribution in [0.1, 0.15) is 19.7 Å². The molecule has 0 aliphatic carbocycles. The molecule has 0 radical (unpaired) electrons. The monoisotopic (exact) mass is 239 g/mol. The second-order valence-corrected chi connectivity index (χ2v) is 4.38. The summed E-state index contributed by atoms with van der Waals surface area (Å²) in [5, 5.41) is 3.20. The van der Waals surface area contributed by atoms with Crippen LogP contribution in [0.3, 0.4) is 0 Å². The van der Waals surface area contributed by atoms with E-state index in [1.807, 2.05) is 13.8 Å². The first-order valence-corrected chi connectivity index (χ1v) is 5.52. The van der Waals surface area contributed by atoms with Gasteiger partial charge in [0.1, 0.15) is 17.2 Å². The summed E-state index contributed by atoms with van der Waals surface area (Å²) in [6.45, 7) is 4.57. The minimum absolute atomic E-state index is 0.217. The lowest BCUT2D eigenvalue weighted by Crippen LogP contribution is -2.23. The summed E-state index contributed by atoms with van der Waals surface area (Å²) in [4.78, 5) is 4.18. The highest BCUT2D eigenvalue weighted by atomic mass is 19.1. The molecule has 0 aliphatic rings. The van der Waals surface area contributed by atoms with Crippen molar-refractivity contribution in [2.75, 3.05) is 0 Å². The molecule has 1 aromatic carbocycles. The summed E-state index contributed by atoms with van der Waals surface area (Å²) < 4.78 is 28.3. The van der Waals surface area contributed by atoms with Gasteiger partial charge in [-0.05, 0) is 6.07 Å². The molecule has 17 heavy (non-hydrogen) atoms. The molecule has 0 spiro atoms. The largest absolute Gasteiger partial charge is 0.330 e. The maximum atomic E-state index is 13.5. The molecule has 0 fully saturated rings. The highest BCUT2D eigenvalue weighted by Crippen LogP contribution is 2.19. The number of halogens is 2. The highest BCUT2D eigenvalue weighted by Gasteiger charge is 2.13. The fraction of sp³-hybridized carbons (Fsp3) is 0.417. The van der Waals surface area contributed by atoms with Crippen LogP contribution >= 0.6 is 0 Å². The van der Waals surface area contributed by atoms with Crippen molar-refractivity contribution in [1.29, 1.82) is 0 Å². The Morgan fingerprint density at radius 2 is 2.06 bits per heavy atom. The lowest BCUT2D eigenvalue weighted by molar-refractivity contribution is 0.563. The molecule has 0 amide bonds. The maximum Gasteiger partial charge on any atom is 0.153 e. The van der Waals surface area contributed by atoms with Crippen LogP contribution in [0.25, 0.3) is 11.0 Å². The second kappa shape index (κ2) is 4.41. The van der Waals surface area contributed by atoms with E-state index in [-0.39, 0.29) is 5.52 Å². The molecule has 92 valence electrons. The van der Waals surface area contributed by atoms with Gasteiger partial charge in [-0.25, -0.2) is 13.8 Å². The zero-order valence-electron chi connectivity index (χ0n) is 10.1. The van der Waals surface area contributed by atoms with Crippen molar-refractivity contribution in [3.63, 3.8) is 0 Å². The Kier molecular flexibility index (Phi) is 3.11. The van der Waals surface area contributed by atoms with E-state index < -0.39 is 11.6 Å². The molecule has 1 heterocycles. The average molecular weight is 239 g/mol. The topological polar surface area (TPSA) is 29.9 Å². The first-order chi connectivity index (χ1) is 7.99. The van der Waals surface area contributed by atoms with Crippen LogP contribution in [0.2, 0.25) is 0 Å². The Balaban J connectivity index is 2.45. The normalized spacial score (nSPS) is 11.6. The van der Waals surface area contributed by atoms with Gasteiger partial charge in [-0.15, -0.1) is 0 Å². The number of rotatable bonds is 3. The number of fused-ring (bicyclic) bond motifs is 1. The number of nitrogens with zero attached hydrogens (tertiary/aromatic N) is 2. The number of imidazole rings is 1. The van der Waals surface area contributed by atoms with Crippen LogP contribution in [0.5, 0.6) is 0 Å². The van der Waals surface area contributed by atoms with Crippen molar-refractivity contribution in [3.8, 4) is 0 Å². The van der Waals surface area contributed by atoms with Gasteiger partial charge in [0.2, 0.25) is 0 Å². The number of hydrogen-bond acceptors (Lipinski definition) is 2. The first-order valence-electron chi connectivity index (χ1n) is 5.52. The summed E-state index contributed by atoms with van der Waals surface area (Å²) in [5.41, 5.74) is 0.692. The molecule has 1 N–H and O–H groups in total. The van der Waals surface area contributed by atoms with Crippen molar-refractivity contribution in [2.24, 2.45) is 7.05 Å². The first kappa shape index (κ1) is 12.0. The third-order valence-electron chi connectivity index (χ3n) is 2.67. The fourth-order valence-electron chi connectivity index (χ4n) is 1.72. The smallest absolute Gasteiger partial charge is 0.153 e. The minimum Gasteiger partial charge on any atom is -0.330 e. The summed E-state index contributed by atoms with van der Waals surface area (Å²) >= 11 is 0. The quantitative estimate of drug-likeness (QED) is 0.891. The summed E-state index contributed by atoms with van der Waals surface area (Å²) in [6, 6.07) is 2.47. The fourth-order valence-corrected chi connectivity index (χ4v) is 1.72. The zero-order valence-corrected chi connectivity index (χ0v) is 10.1. The maximum absolute atomic E-state index is 13.5. The van der Waals surface area contributed by atoms with Gasteiger partial charge < -0.3 is 9.88 Å². The van der Waals surface area contributed by atoms with Gasteiger partial charge >= 0.3 is 0 Å². The van der Waals surface area contributed by atoms with E-state index in [0.717, 1.165) is 6.07 Å². The van der Waals surface area contributed by atoms with E-state index in [0.29, 0.717) is 23.9 Å². The van der Waals surface area contributed by atoms with Crippen molar-refractivity contribution < 1.29 is 8.78 Å². The number of aromatic nitrogens is 2. The van der Waals surface area contributed by atoms with Gasteiger partial charge in [0.15, 0.2) is 5.82 Å². The van der Waals surface area contributed by atoms with Crippen molar-refractivity contribution in [3.05, 3.63) is 29.6 Å². The third kappa shape index (κ3) is 2.29. The highest BCUT2D eigenvalue weighted by molar-refractivity contribution is 5.76. The molecule has 0 unspecified atom stereocenters. The molecule has 5 heteroatoms. The van der Waals surface area contributed by atoms with Crippen molar-refractivity contribution >= 4 is 11.0 Å². The Hall–Kier alpha value is -1.49. The number of benzene rings is 1. The molecule has 0 bridgehead atoms. The predicted octanol–water partition coefficient (Wildman–Crippen LogP) is 2.35. The minimum atomic E-state index is -0.619. The molecular weight excluding hydrogens is 224 g/mol. The standard InChI is InChI=1S/C12H15F2N3/c1-7(2)15-6-11-16-12-9(14)4-8(13)5-10(12)17(11)3/h4-5,7,15H,6H2,1-3H3. The van der Waals surface area contributed by atoms with Gasteiger partial charge in [-0.2, -0.15) is 0 Å². The predicted molar refractivity (Wildman–Crippen MR) is 62.6 cm³/mol. The number of nitrogens with one attached hydrogen (secondary N) is 1. The molecule has 0 saturated heterocycles. The zero-order chi connectivity index (χ0) is 12.6. The van der Waals surface area contributed by atoms with E-state index in [2.05, 4.69) is 10.3 Å². The molecule has 2 aromatic rings. The van der Waals surface area contributed by atoms with Crippen molar-refractivity contribution in [1.82, 2.24) is 14.9 Å². The van der Waals surface area contributed by atoms with E-state index in [1.54, 1.807) is 11.6 Å². The van der Waals surface area contributed by atoms with E-state index >= 15 is 0 Å². The summed E-state index contributed by atoms with van der Waals surface area (Å²) in [7, 11) is 1.76. The molecule has 3 nitrogen and oxygen atoms in total. The second-order valence-electron chi connectivity index (χ2n) is 4.38. The van der Waals surface area contributed by atoms with Crippen molar-refractivity contribution in [2.45, 2.75) is 26.4 Å². The third-order valence-corrected chi connectivity index (χ3v) is 2.67. The summed E-state index contributed by atoms with van der Waals surface area (Å²) in [6.07, 6.45) is 0. The molecule has 0 aliphatic heterocycles. The van der Waals surface area contributed by atoms with Crippen LogP contribution in [0.4, 0.5) is 8.78 Å². The molecule has 2 rings (SSSR count). The SMILES string of the molecule is CC(C)NCc1nc2c(F)cc(F)cc2n1C. The van der Waals surface area contributed by atoms with Crippen LogP contribution in [0, 0.1) is 11.6 Å². The van der Waals surface area contributed by atoms with E-state index in [1.165, 1.54) is 6.07 Å². The number of aryl methyl sites for hydroxylation is 1. The Morgan fingerprint density at radius 3 is 2.71 bits per heavy atom. The van der Waals surface area contributed by atoms with Gasteiger partial charge in [-0.1, -0.05) is 13.8 Å². The van der Waals surface area contributed by atoms with Gasteiger partial charge in [0, 0.05) is 19.2 Å². The lowest BCUT2D eigenvalue weighted by atomic mass is 10.3. The van der Waals surface area contributed by atoms with Gasteiger partial charge in [0.05, 0.1) is 12.1 Å². The average Bonchev–Trinajstić information content (AvgIpc) is 2.54. The van der Waals surface area contributed by atoms with Crippen LogP contribution in [0.15, 0.2) is 12.1 Å². The van der Waals surface area contributed by atoms with Crippen LogP contribution in [-0.2, 0) is 13.6 Å². The molecule has 1 aromatic heterocycles. The Bertz CT molecular complexity index is 546. The Labute approximate surface area is 98.5 Å². The molecular formula is C12H15F2N3. The van der Waals surface area contributed by atoms with E-state index in [4.69, 9.17) is 0 Å². The lowest BCUT2D eigenvalue weighted by Gasteiger charge is -2.07. The van der Waals surface area contributed by atoms with Gasteiger partial charge in [0.25, 0.3) is 0 Å². The summed E-state index contributed by atoms with van der Waals surface area (Å²) in [5.74, 6) is -0.508. The molecule has 0 atom stereocenters. The van der Waals surface area contributed by atoms with Crippen LogP contribution < -0.4 is 5.32 Å². The van der Waals surface area contributed by atoms with Gasteiger partial charge in [-0.3, -0.25) is 0 Å².